The van der Waals surface area contributed by atoms with Gasteiger partial charge in [-0.05, 0) is 19.8 Å². The van der Waals surface area contributed by atoms with E-state index in [1.807, 2.05) is 27.0 Å². The Bertz CT molecular complexity index is 202. The number of hydrogen-bond acceptors (Lipinski definition) is 2. The summed E-state index contributed by atoms with van der Waals surface area (Å²) in [5, 5.41) is 3.14. The van der Waals surface area contributed by atoms with Gasteiger partial charge in [-0.3, -0.25) is 4.99 Å². The third kappa shape index (κ3) is 6.14. The standard InChI is InChI=1S/C9H14N2.C2H6/c1-8(2)11-7-9-5-3-4-6-10-9;1-2/h5-6,11H,1,3-4,7H2,2H3;1-2H3. The summed E-state index contributed by atoms with van der Waals surface area (Å²) in [5.41, 5.74) is 2.12. The zero-order valence-electron chi connectivity index (χ0n) is 8.93. The van der Waals surface area contributed by atoms with E-state index in [1.54, 1.807) is 0 Å². The summed E-state index contributed by atoms with van der Waals surface area (Å²) in [7, 11) is 0. The topological polar surface area (TPSA) is 24.4 Å². The van der Waals surface area contributed by atoms with Gasteiger partial charge in [0.1, 0.15) is 0 Å². The first-order valence-corrected chi connectivity index (χ1v) is 4.90. The summed E-state index contributed by atoms with van der Waals surface area (Å²) < 4.78 is 0. The summed E-state index contributed by atoms with van der Waals surface area (Å²) >= 11 is 0. The van der Waals surface area contributed by atoms with Crippen LogP contribution in [-0.4, -0.2) is 12.8 Å². The van der Waals surface area contributed by atoms with Crippen molar-refractivity contribution in [3.05, 3.63) is 24.0 Å². The lowest BCUT2D eigenvalue weighted by Crippen LogP contribution is -2.13. The third-order valence-corrected chi connectivity index (χ3v) is 1.50. The van der Waals surface area contributed by atoms with E-state index in [1.165, 1.54) is 0 Å². The van der Waals surface area contributed by atoms with Gasteiger partial charge in [-0.1, -0.05) is 26.5 Å². The molecule has 0 bridgehead atoms. The average molecular weight is 180 g/mol. The maximum Gasteiger partial charge on any atom is 0.0566 e. The van der Waals surface area contributed by atoms with E-state index in [-0.39, 0.29) is 0 Å². The van der Waals surface area contributed by atoms with Crippen molar-refractivity contribution < 1.29 is 0 Å². The third-order valence-electron chi connectivity index (χ3n) is 1.50. The average Bonchev–Trinajstić information content (AvgIpc) is 2.19. The first-order valence-electron chi connectivity index (χ1n) is 4.90. The Morgan fingerprint density at radius 1 is 1.54 bits per heavy atom. The van der Waals surface area contributed by atoms with Gasteiger partial charge in [0.05, 0.1) is 12.2 Å². The predicted molar refractivity (Wildman–Crippen MR) is 60.0 cm³/mol. The van der Waals surface area contributed by atoms with Gasteiger partial charge in [-0.2, -0.15) is 0 Å². The van der Waals surface area contributed by atoms with Gasteiger partial charge in [0, 0.05) is 11.9 Å². The molecule has 74 valence electrons. The van der Waals surface area contributed by atoms with Crippen LogP contribution < -0.4 is 5.32 Å². The zero-order chi connectivity index (χ0) is 10.1. The lowest BCUT2D eigenvalue weighted by molar-refractivity contribution is 0.850. The molecule has 0 saturated heterocycles. The molecule has 1 N–H and O–H groups in total. The molecular weight excluding hydrogens is 160 g/mol. The minimum absolute atomic E-state index is 0.811. The zero-order valence-corrected chi connectivity index (χ0v) is 8.93. The van der Waals surface area contributed by atoms with Crippen molar-refractivity contribution in [3.8, 4) is 0 Å². The van der Waals surface area contributed by atoms with E-state index in [4.69, 9.17) is 0 Å². The minimum Gasteiger partial charge on any atom is -0.383 e. The number of rotatable bonds is 3. The van der Waals surface area contributed by atoms with Crippen LogP contribution in [-0.2, 0) is 0 Å². The van der Waals surface area contributed by atoms with E-state index in [9.17, 15) is 0 Å². The smallest absolute Gasteiger partial charge is 0.0566 e. The van der Waals surface area contributed by atoms with Gasteiger partial charge in [0.15, 0.2) is 0 Å². The summed E-state index contributed by atoms with van der Waals surface area (Å²) in [6.45, 7) is 10.5. The molecule has 1 heterocycles. The fraction of sp³-hybridized carbons (Fsp3) is 0.545. The number of nitrogens with zero attached hydrogens (tertiary/aromatic N) is 1. The monoisotopic (exact) mass is 180 g/mol. The molecule has 1 rings (SSSR count). The van der Waals surface area contributed by atoms with Gasteiger partial charge >= 0.3 is 0 Å². The highest BCUT2D eigenvalue weighted by atomic mass is 14.9. The molecule has 0 unspecified atom stereocenters. The second-order valence-corrected chi connectivity index (χ2v) is 2.72. The Kier molecular flexibility index (Phi) is 6.98. The van der Waals surface area contributed by atoms with Gasteiger partial charge in [-0.25, -0.2) is 0 Å². The van der Waals surface area contributed by atoms with Gasteiger partial charge in [-0.15, -0.1) is 0 Å². The fourth-order valence-corrected chi connectivity index (χ4v) is 0.918. The van der Waals surface area contributed by atoms with Gasteiger partial charge in [0.2, 0.25) is 0 Å². The quantitative estimate of drug-likeness (QED) is 0.709. The maximum atomic E-state index is 4.23. The minimum atomic E-state index is 0.811. The van der Waals surface area contributed by atoms with Crippen LogP contribution in [0.4, 0.5) is 0 Å². The van der Waals surface area contributed by atoms with E-state index in [0.717, 1.165) is 30.8 Å². The SMILES string of the molecule is C=C(C)NCC1=CCCC=N1.CC. The molecule has 0 fully saturated rings. The van der Waals surface area contributed by atoms with Crippen LogP contribution >= 0.6 is 0 Å². The second-order valence-electron chi connectivity index (χ2n) is 2.72. The van der Waals surface area contributed by atoms with Crippen molar-refractivity contribution in [1.29, 1.82) is 0 Å². The predicted octanol–water partition coefficient (Wildman–Crippen LogP) is 2.88. The second kappa shape index (κ2) is 7.59. The molecule has 0 atom stereocenters. The molecule has 2 heteroatoms. The molecule has 0 amide bonds. The van der Waals surface area contributed by atoms with Gasteiger partial charge in [0.25, 0.3) is 0 Å². The van der Waals surface area contributed by atoms with Crippen LogP contribution in [0.1, 0.15) is 33.6 Å². The lowest BCUT2D eigenvalue weighted by Gasteiger charge is -2.07. The largest absolute Gasteiger partial charge is 0.383 e. The highest BCUT2D eigenvalue weighted by Gasteiger charge is 1.96. The Labute approximate surface area is 81.5 Å². The summed E-state index contributed by atoms with van der Waals surface area (Å²) in [6, 6.07) is 0. The normalized spacial score (nSPS) is 13.9. The molecule has 13 heavy (non-hydrogen) atoms. The first kappa shape index (κ1) is 11.9. The Hall–Kier alpha value is -1.05. The van der Waals surface area contributed by atoms with Crippen molar-refractivity contribution in [2.24, 2.45) is 4.99 Å². The van der Waals surface area contributed by atoms with E-state index >= 15 is 0 Å². The van der Waals surface area contributed by atoms with Crippen molar-refractivity contribution >= 4 is 6.21 Å². The molecule has 0 aromatic carbocycles. The molecule has 0 saturated carbocycles. The molecule has 2 nitrogen and oxygen atoms in total. The van der Waals surface area contributed by atoms with Crippen LogP contribution in [0.3, 0.4) is 0 Å². The van der Waals surface area contributed by atoms with Crippen molar-refractivity contribution in [2.75, 3.05) is 6.54 Å². The first-order chi connectivity index (χ1) is 6.29. The van der Waals surface area contributed by atoms with Crippen LogP contribution in [0.25, 0.3) is 0 Å². The van der Waals surface area contributed by atoms with E-state index in [2.05, 4.69) is 23.0 Å². The molecule has 0 spiro atoms. The highest BCUT2D eigenvalue weighted by Crippen LogP contribution is 2.04. The van der Waals surface area contributed by atoms with Crippen molar-refractivity contribution in [2.45, 2.75) is 33.6 Å². The van der Waals surface area contributed by atoms with Crippen molar-refractivity contribution in [3.63, 3.8) is 0 Å². The fourth-order valence-electron chi connectivity index (χ4n) is 0.918. The summed E-state index contributed by atoms with van der Waals surface area (Å²) in [6.07, 6.45) is 6.33. The highest BCUT2D eigenvalue weighted by molar-refractivity contribution is 5.60. The summed E-state index contributed by atoms with van der Waals surface area (Å²) in [5.74, 6) is 0. The molecule has 0 aliphatic carbocycles. The van der Waals surface area contributed by atoms with Crippen LogP contribution in [0.15, 0.2) is 29.0 Å². The summed E-state index contributed by atoms with van der Waals surface area (Å²) in [4.78, 5) is 4.23. The molecular formula is C11H20N2. The lowest BCUT2D eigenvalue weighted by atomic mass is 10.2. The Morgan fingerprint density at radius 2 is 2.23 bits per heavy atom. The number of allylic oxidation sites excluding steroid dienone is 2. The number of hydrogen-bond donors (Lipinski definition) is 1. The molecule has 0 radical (unpaired) electrons. The Morgan fingerprint density at radius 3 is 2.69 bits per heavy atom. The van der Waals surface area contributed by atoms with E-state index in [0.29, 0.717) is 0 Å². The molecule has 0 aromatic heterocycles. The van der Waals surface area contributed by atoms with Gasteiger partial charge < -0.3 is 5.32 Å². The van der Waals surface area contributed by atoms with Crippen LogP contribution in [0.5, 0.6) is 0 Å². The van der Waals surface area contributed by atoms with Crippen LogP contribution in [0, 0.1) is 0 Å². The number of nitrogens with one attached hydrogen (secondary N) is 1. The number of aliphatic imine (C=N–C) groups is 1. The van der Waals surface area contributed by atoms with E-state index < -0.39 is 0 Å². The molecule has 0 aromatic rings. The maximum absolute atomic E-state index is 4.23. The van der Waals surface area contributed by atoms with Crippen LogP contribution in [0.2, 0.25) is 0 Å². The molecule has 1 aliphatic heterocycles. The van der Waals surface area contributed by atoms with Crippen molar-refractivity contribution in [1.82, 2.24) is 5.32 Å². The Balaban J connectivity index is 0.000000671. The molecule has 1 aliphatic rings.